The molecule has 4 rings (SSSR count). The van der Waals surface area contributed by atoms with Gasteiger partial charge in [0.05, 0.1) is 12.1 Å². The number of nitrogens with one attached hydrogen (secondary N) is 2. The Hall–Kier alpha value is -3.23. The number of primary amides is 1. The van der Waals surface area contributed by atoms with Crippen LogP contribution in [0.2, 0.25) is 0 Å². The zero-order chi connectivity index (χ0) is 22.8. The van der Waals surface area contributed by atoms with Gasteiger partial charge < -0.3 is 21.3 Å². The minimum absolute atomic E-state index is 0.252. The molecular formula is C24H24N4O2S2. The number of anilines is 2. The molecule has 4 N–H and O–H groups in total. The molecule has 0 saturated heterocycles. The SMILES string of the molecule is Cc1ccccc1NC(=S)N1CCc2c(sc(NC(=O)c3ccccc3C)c2C(N)=O)C1. The number of nitrogens with zero attached hydrogens (tertiary/aromatic N) is 1. The number of nitrogens with two attached hydrogens (primary N) is 1. The van der Waals surface area contributed by atoms with Gasteiger partial charge in [0.25, 0.3) is 11.8 Å². The maximum absolute atomic E-state index is 12.8. The van der Waals surface area contributed by atoms with Crippen LogP contribution in [0.15, 0.2) is 48.5 Å². The van der Waals surface area contributed by atoms with Crippen LogP contribution in [0.3, 0.4) is 0 Å². The van der Waals surface area contributed by atoms with Crippen molar-refractivity contribution in [3.8, 4) is 0 Å². The summed E-state index contributed by atoms with van der Waals surface area (Å²) in [6.45, 7) is 5.12. The largest absolute Gasteiger partial charge is 0.365 e. The first kappa shape index (κ1) is 22.0. The highest BCUT2D eigenvalue weighted by atomic mass is 32.1. The molecule has 3 aromatic rings. The molecule has 2 amide bonds. The van der Waals surface area contributed by atoms with Gasteiger partial charge in [0, 0.05) is 22.7 Å². The summed E-state index contributed by atoms with van der Waals surface area (Å²) in [5.41, 5.74) is 10.5. The third-order valence-electron chi connectivity index (χ3n) is 5.59. The van der Waals surface area contributed by atoms with Crippen molar-refractivity contribution in [3.05, 3.63) is 81.2 Å². The minimum atomic E-state index is -0.531. The van der Waals surface area contributed by atoms with Crippen molar-refractivity contribution < 1.29 is 9.59 Å². The highest BCUT2D eigenvalue weighted by Crippen LogP contribution is 2.37. The molecule has 0 spiro atoms. The number of hydrogen-bond donors (Lipinski definition) is 3. The van der Waals surface area contributed by atoms with Crippen LogP contribution in [0.1, 0.15) is 42.3 Å². The zero-order valence-electron chi connectivity index (χ0n) is 17.9. The highest BCUT2D eigenvalue weighted by molar-refractivity contribution is 7.80. The van der Waals surface area contributed by atoms with Gasteiger partial charge in [-0.25, -0.2) is 0 Å². The molecule has 2 aromatic carbocycles. The molecule has 32 heavy (non-hydrogen) atoms. The molecule has 8 heteroatoms. The smallest absolute Gasteiger partial charge is 0.256 e. The number of para-hydroxylation sites is 1. The van der Waals surface area contributed by atoms with E-state index in [1.54, 1.807) is 6.07 Å². The topological polar surface area (TPSA) is 87.5 Å². The molecule has 0 radical (unpaired) electrons. The van der Waals surface area contributed by atoms with Gasteiger partial charge >= 0.3 is 0 Å². The molecule has 6 nitrogen and oxygen atoms in total. The molecule has 0 aliphatic carbocycles. The first-order valence-corrected chi connectivity index (χ1v) is 11.5. The Morgan fingerprint density at radius 1 is 1.03 bits per heavy atom. The quantitative estimate of drug-likeness (QED) is 0.496. The number of benzene rings is 2. The number of amides is 2. The van der Waals surface area contributed by atoms with Crippen LogP contribution in [0.25, 0.3) is 0 Å². The van der Waals surface area contributed by atoms with E-state index in [2.05, 4.69) is 15.5 Å². The van der Waals surface area contributed by atoms with Crippen LogP contribution in [-0.2, 0) is 13.0 Å². The molecule has 1 aliphatic rings. The van der Waals surface area contributed by atoms with E-state index in [0.29, 0.717) is 40.8 Å². The van der Waals surface area contributed by atoms with Crippen molar-refractivity contribution in [3.63, 3.8) is 0 Å². The highest BCUT2D eigenvalue weighted by Gasteiger charge is 2.29. The normalized spacial score (nSPS) is 12.8. The van der Waals surface area contributed by atoms with Gasteiger partial charge in [-0.15, -0.1) is 11.3 Å². The Bertz CT molecular complexity index is 1220. The fraction of sp³-hybridized carbons (Fsp3) is 0.208. The summed E-state index contributed by atoms with van der Waals surface area (Å²) >= 11 is 7.03. The van der Waals surface area contributed by atoms with E-state index >= 15 is 0 Å². The second-order valence-corrected chi connectivity index (χ2v) is 9.25. The molecule has 1 aromatic heterocycles. The number of aryl methyl sites for hydroxylation is 2. The van der Waals surface area contributed by atoms with E-state index in [1.807, 2.05) is 56.3 Å². The van der Waals surface area contributed by atoms with Gasteiger partial charge in [-0.3, -0.25) is 9.59 Å². The van der Waals surface area contributed by atoms with E-state index in [0.717, 1.165) is 27.3 Å². The Labute approximate surface area is 196 Å². The fourth-order valence-corrected chi connectivity index (χ4v) is 5.36. The average Bonchev–Trinajstić information content (AvgIpc) is 3.12. The number of rotatable bonds is 4. The number of carbonyl (C=O) groups excluding carboxylic acids is 2. The predicted molar refractivity (Wildman–Crippen MR) is 133 cm³/mol. The Balaban J connectivity index is 1.56. The standard InChI is InChI=1S/C24H24N4O2S2/c1-14-7-3-5-9-16(14)22(30)27-23-20(21(25)29)17-11-12-28(13-19(17)32-23)24(31)26-18-10-6-4-8-15(18)2/h3-10H,11-13H2,1-2H3,(H2,25,29)(H,26,31)(H,27,30). The fourth-order valence-electron chi connectivity index (χ4n) is 3.83. The number of thiocarbonyl (C=S) groups is 1. The number of hydrogen-bond acceptors (Lipinski definition) is 4. The molecule has 1 aliphatic heterocycles. The van der Waals surface area contributed by atoms with E-state index in [-0.39, 0.29) is 5.91 Å². The Morgan fingerprint density at radius 3 is 2.41 bits per heavy atom. The summed E-state index contributed by atoms with van der Waals surface area (Å²) in [4.78, 5) is 28.1. The second-order valence-electron chi connectivity index (χ2n) is 7.76. The first-order valence-electron chi connectivity index (χ1n) is 10.3. The molecule has 0 fully saturated rings. The van der Waals surface area contributed by atoms with Crippen LogP contribution in [-0.4, -0.2) is 28.4 Å². The van der Waals surface area contributed by atoms with E-state index in [9.17, 15) is 9.59 Å². The average molecular weight is 465 g/mol. The second kappa shape index (κ2) is 9.10. The van der Waals surface area contributed by atoms with E-state index in [1.165, 1.54) is 11.3 Å². The van der Waals surface area contributed by atoms with E-state index in [4.69, 9.17) is 18.0 Å². The predicted octanol–water partition coefficient (Wildman–Crippen LogP) is 4.47. The van der Waals surface area contributed by atoms with Crippen molar-refractivity contribution in [2.75, 3.05) is 17.2 Å². The van der Waals surface area contributed by atoms with Crippen LogP contribution in [0.5, 0.6) is 0 Å². The van der Waals surface area contributed by atoms with Gasteiger partial charge in [0.1, 0.15) is 5.00 Å². The molecule has 0 unspecified atom stereocenters. The summed E-state index contributed by atoms with van der Waals surface area (Å²) in [7, 11) is 0. The summed E-state index contributed by atoms with van der Waals surface area (Å²) in [6.07, 6.45) is 0.625. The van der Waals surface area contributed by atoms with Gasteiger partial charge in [0.2, 0.25) is 0 Å². The van der Waals surface area contributed by atoms with Crippen molar-refractivity contribution in [1.82, 2.24) is 4.90 Å². The number of carbonyl (C=O) groups is 2. The lowest BCUT2D eigenvalue weighted by molar-refractivity contribution is 0.1000. The van der Waals surface area contributed by atoms with Gasteiger partial charge in [-0.05, 0) is 61.3 Å². The third-order valence-corrected chi connectivity index (χ3v) is 7.09. The molecule has 0 atom stereocenters. The van der Waals surface area contributed by atoms with Gasteiger partial charge in [0.15, 0.2) is 5.11 Å². The monoisotopic (exact) mass is 464 g/mol. The van der Waals surface area contributed by atoms with Crippen LogP contribution in [0, 0.1) is 13.8 Å². The lowest BCUT2D eigenvalue weighted by Gasteiger charge is -2.30. The number of thiophene rings is 1. The lowest BCUT2D eigenvalue weighted by atomic mass is 10.0. The van der Waals surface area contributed by atoms with Gasteiger partial charge in [-0.1, -0.05) is 36.4 Å². The lowest BCUT2D eigenvalue weighted by Crippen LogP contribution is -2.38. The van der Waals surface area contributed by atoms with Crippen molar-refractivity contribution in [2.24, 2.45) is 5.73 Å². The molecule has 2 heterocycles. The van der Waals surface area contributed by atoms with Crippen LogP contribution >= 0.6 is 23.6 Å². The van der Waals surface area contributed by atoms with Crippen molar-refractivity contribution >= 4 is 51.2 Å². The third kappa shape index (κ3) is 4.37. The minimum Gasteiger partial charge on any atom is -0.365 e. The maximum atomic E-state index is 12.8. The summed E-state index contributed by atoms with van der Waals surface area (Å²) < 4.78 is 0. The van der Waals surface area contributed by atoms with Gasteiger partial charge in [-0.2, -0.15) is 0 Å². The Morgan fingerprint density at radius 2 is 1.72 bits per heavy atom. The summed E-state index contributed by atoms with van der Waals surface area (Å²) in [6, 6.07) is 15.3. The molecular weight excluding hydrogens is 440 g/mol. The molecule has 0 saturated carbocycles. The van der Waals surface area contributed by atoms with Crippen LogP contribution < -0.4 is 16.4 Å². The summed E-state index contributed by atoms with van der Waals surface area (Å²) in [5, 5.41) is 7.35. The molecule has 164 valence electrons. The van der Waals surface area contributed by atoms with Crippen molar-refractivity contribution in [2.45, 2.75) is 26.8 Å². The van der Waals surface area contributed by atoms with E-state index < -0.39 is 5.91 Å². The zero-order valence-corrected chi connectivity index (χ0v) is 19.5. The number of fused-ring (bicyclic) bond motifs is 1. The summed E-state index contributed by atoms with van der Waals surface area (Å²) in [5.74, 6) is -0.783. The maximum Gasteiger partial charge on any atom is 0.256 e. The Kier molecular flexibility index (Phi) is 6.25. The molecule has 0 bridgehead atoms. The van der Waals surface area contributed by atoms with Crippen molar-refractivity contribution in [1.29, 1.82) is 0 Å². The first-order chi connectivity index (χ1) is 15.3. The van der Waals surface area contributed by atoms with Crippen LogP contribution in [0.4, 0.5) is 10.7 Å².